The number of allylic oxidation sites excluding steroid dienone is 2. The average Bonchev–Trinajstić information content (AvgIpc) is 2.71. The predicted molar refractivity (Wildman–Crippen MR) is 118 cm³/mol. The molecule has 0 saturated carbocycles. The van der Waals surface area contributed by atoms with Crippen LogP contribution >= 0.6 is 12.2 Å². The normalized spacial score (nSPS) is 16.9. The number of hydrogen-bond donors (Lipinski definition) is 2. The van der Waals surface area contributed by atoms with E-state index in [0.29, 0.717) is 10.7 Å². The molecule has 1 heterocycles. The van der Waals surface area contributed by atoms with Crippen LogP contribution < -0.4 is 15.4 Å². The SMILES string of the molecule is COc1ccccc1/C=C/C(=O)C1=C(C)NC(=S)NC1/C=C/c1ccccc1. The Labute approximate surface area is 170 Å². The van der Waals surface area contributed by atoms with Gasteiger partial charge in [0.05, 0.1) is 13.2 Å². The Kier molecular flexibility index (Phi) is 6.40. The summed E-state index contributed by atoms with van der Waals surface area (Å²) in [6.45, 7) is 1.86. The molecule has 2 aromatic carbocycles. The monoisotopic (exact) mass is 390 g/mol. The van der Waals surface area contributed by atoms with Gasteiger partial charge in [-0.1, -0.05) is 60.7 Å². The second kappa shape index (κ2) is 9.15. The zero-order valence-corrected chi connectivity index (χ0v) is 16.6. The third kappa shape index (κ3) is 4.75. The van der Waals surface area contributed by atoms with E-state index >= 15 is 0 Å². The molecule has 0 bridgehead atoms. The topological polar surface area (TPSA) is 50.4 Å². The molecular formula is C23H22N2O2S. The Morgan fingerprint density at radius 3 is 2.54 bits per heavy atom. The highest BCUT2D eigenvalue weighted by molar-refractivity contribution is 7.80. The van der Waals surface area contributed by atoms with Gasteiger partial charge in [-0.3, -0.25) is 4.79 Å². The fraction of sp³-hybridized carbons (Fsp3) is 0.130. The third-order valence-corrected chi connectivity index (χ3v) is 4.62. The number of nitrogens with one attached hydrogen (secondary N) is 2. The number of ketones is 1. The maximum Gasteiger partial charge on any atom is 0.185 e. The van der Waals surface area contributed by atoms with Gasteiger partial charge in [-0.05, 0) is 42.9 Å². The van der Waals surface area contributed by atoms with Crippen LogP contribution in [-0.4, -0.2) is 24.0 Å². The number of benzene rings is 2. The maximum absolute atomic E-state index is 13.0. The molecule has 1 unspecified atom stereocenters. The molecule has 5 heteroatoms. The van der Waals surface area contributed by atoms with E-state index in [1.54, 1.807) is 19.3 Å². The quantitative estimate of drug-likeness (QED) is 0.574. The Morgan fingerprint density at radius 1 is 1.07 bits per heavy atom. The molecular weight excluding hydrogens is 368 g/mol. The molecule has 0 spiro atoms. The molecule has 142 valence electrons. The molecule has 3 rings (SSSR count). The third-order valence-electron chi connectivity index (χ3n) is 4.40. The summed E-state index contributed by atoms with van der Waals surface area (Å²) in [5.74, 6) is 0.632. The van der Waals surface area contributed by atoms with E-state index < -0.39 is 0 Å². The van der Waals surface area contributed by atoms with Crippen LogP contribution in [0.3, 0.4) is 0 Å². The Bertz CT molecular complexity index is 962. The minimum Gasteiger partial charge on any atom is -0.496 e. The zero-order valence-electron chi connectivity index (χ0n) is 15.8. The first-order valence-corrected chi connectivity index (χ1v) is 9.36. The lowest BCUT2D eigenvalue weighted by molar-refractivity contribution is -0.111. The molecule has 0 aliphatic carbocycles. The van der Waals surface area contributed by atoms with Crippen LogP contribution in [0.15, 0.2) is 78.0 Å². The van der Waals surface area contributed by atoms with Crippen LogP contribution in [0.2, 0.25) is 0 Å². The van der Waals surface area contributed by atoms with Gasteiger partial charge in [0.25, 0.3) is 0 Å². The van der Waals surface area contributed by atoms with Crippen LogP contribution in [0.25, 0.3) is 12.2 Å². The number of rotatable bonds is 6. The number of hydrogen-bond acceptors (Lipinski definition) is 3. The molecule has 1 aliphatic heterocycles. The van der Waals surface area contributed by atoms with Gasteiger partial charge in [0.1, 0.15) is 5.75 Å². The van der Waals surface area contributed by atoms with Crippen LogP contribution in [0.5, 0.6) is 5.75 Å². The Balaban J connectivity index is 1.86. The van der Waals surface area contributed by atoms with E-state index in [4.69, 9.17) is 17.0 Å². The molecule has 2 N–H and O–H groups in total. The summed E-state index contributed by atoms with van der Waals surface area (Å²) in [4.78, 5) is 13.0. The van der Waals surface area contributed by atoms with Crippen molar-refractivity contribution in [2.45, 2.75) is 13.0 Å². The number of thiocarbonyl (C=S) groups is 1. The van der Waals surface area contributed by atoms with Gasteiger partial charge < -0.3 is 15.4 Å². The largest absolute Gasteiger partial charge is 0.496 e. The van der Waals surface area contributed by atoms with Crippen molar-refractivity contribution < 1.29 is 9.53 Å². The van der Waals surface area contributed by atoms with Crippen molar-refractivity contribution in [3.8, 4) is 5.75 Å². The number of carbonyl (C=O) groups excluding carboxylic acids is 1. The molecule has 0 amide bonds. The Hall–Kier alpha value is -3.18. The smallest absolute Gasteiger partial charge is 0.185 e. The summed E-state index contributed by atoms with van der Waals surface area (Å²) in [5.41, 5.74) is 3.29. The maximum atomic E-state index is 13.0. The predicted octanol–water partition coefficient (Wildman–Crippen LogP) is 4.11. The number of carbonyl (C=O) groups is 1. The molecule has 2 aromatic rings. The van der Waals surface area contributed by atoms with E-state index in [1.807, 2.05) is 73.7 Å². The molecule has 0 radical (unpaired) electrons. The molecule has 0 aromatic heterocycles. The molecule has 0 fully saturated rings. The standard InChI is InChI=1S/C23H22N2O2S/c1-16-22(20(26)15-13-18-10-6-7-11-21(18)27-2)19(25-23(28)24-16)14-12-17-8-4-3-5-9-17/h3-15,19H,1-2H3,(H2,24,25,28)/b14-12+,15-13+. The van der Waals surface area contributed by atoms with Gasteiger partial charge in [0, 0.05) is 16.8 Å². The number of methoxy groups -OCH3 is 1. The summed E-state index contributed by atoms with van der Waals surface area (Å²) in [6.07, 6.45) is 7.27. The average molecular weight is 391 g/mol. The summed E-state index contributed by atoms with van der Waals surface area (Å²) >= 11 is 5.27. The minimum absolute atomic E-state index is 0.0892. The van der Waals surface area contributed by atoms with E-state index in [1.165, 1.54) is 0 Å². The molecule has 1 aliphatic rings. The van der Waals surface area contributed by atoms with E-state index in [9.17, 15) is 4.79 Å². The number of para-hydroxylation sites is 1. The van der Waals surface area contributed by atoms with Gasteiger partial charge in [-0.25, -0.2) is 0 Å². The van der Waals surface area contributed by atoms with Crippen molar-refractivity contribution in [1.29, 1.82) is 0 Å². The highest BCUT2D eigenvalue weighted by Gasteiger charge is 2.25. The lowest BCUT2D eigenvalue weighted by Gasteiger charge is -2.27. The summed E-state index contributed by atoms with van der Waals surface area (Å²) < 4.78 is 5.34. The highest BCUT2D eigenvalue weighted by atomic mass is 32.1. The van der Waals surface area contributed by atoms with Crippen LogP contribution in [-0.2, 0) is 4.79 Å². The van der Waals surface area contributed by atoms with Gasteiger partial charge in [-0.15, -0.1) is 0 Å². The van der Waals surface area contributed by atoms with E-state index in [2.05, 4.69) is 10.6 Å². The summed E-state index contributed by atoms with van der Waals surface area (Å²) in [7, 11) is 1.61. The van der Waals surface area contributed by atoms with Crippen molar-refractivity contribution in [2.75, 3.05) is 7.11 Å². The molecule has 4 nitrogen and oxygen atoms in total. The first kappa shape index (κ1) is 19.6. The van der Waals surface area contributed by atoms with Gasteiger partial charge >= 0.3 is 0 Å². The van der Waals surface area contributed by atoms with Crippen LogP contribution in [0.4, 0.5) is 0 Å². The van der Waals surface area contributed by atoms with Crippen LogP contribution in [0.1, 0.15) is 18.1 Å². The lowest BCUT2D eigenvalue weighted by atomic mass is 9.97. The van der Waals surface area contributed by atoms with Crippen molar-refractivity contribution >= 4 is 35.3 Å². The van der Waals surface area contributed by atoms with Crippen molar-refractivity contribution in [3.63, 3.8) is 0 Å². The molecule has 0 saturated heterocycles. The number of ether oxygens (including phenoxy) is 1. The second-order valence-corrected chi connectivity index (χ2v) is 6.73. The van der Waals surface area contributed by atoms with Crippen molar-refractivity contribution in [2.24, 2.45) is 0 Å². The first-order chi connectivity index (χ1) is 13.6. The van der Waals surface area contributed by atoms with Crippen molar-refractivity contribution in [1.82, 2.24) is 10.6 Å². The van der Waals surface area contributed by atoms with Gasteiger partial charge in [-0.2, -0.15) is 0 Å². The molecule has 1 atom stereocenters. The second-order valence-electron chi connectivity index (χ2n) is 6.32. The summed E-state index contributed by atoms with van der Waals surface area (Å²) in [6, 6.07) is 17.2. The Morgan fingerprint density at radius 2 is 1.79 bits per heavy atom. The fourth-order valence-electron chi connectivity index (χ4n) is 3.03. The first-order valence-electron chi connectivity index (χ1n) is 8.95. The fourth-order valence-corrected chi connectivity index (χ4v) is 3.31. The van der Waals surface area contributed by atoms with E-state index in [0.717, 1.165) is 22.6 Å². The van der Waals surface area contributed by atoms with Gasteiger partial charge in [0.2, 0.25) is 0 Å². The lowest BCUT2D eigenvalue weighted by Crippen LogP contribution is -2.48. The zero-order chi connectivity index (χ0) is 19.9. The summed E-state index contributed by atoms with van der Waals surface area (Å²) in [5, 5.41) is 6.72. The van der Waals surface area contributed by atoms with Crippen LogP contribution in [0, 0.1) is 0 Å². The van der Waals surface area contributed by atoms with E-state index in [-0.39, 0.29) is 11.8 Å². The molecule has 28 heavy (non-hydrogen) atoms. The highest BCUT2D eigenvalue weighted by Crippen LogP contribution is 2.21. The van der Waals surface area contributed by atoms with Crippen molar-refractivity contribution in [3.05, 3.63) is 89.1 Å². The van der Waals surface area contributed by atoms with Gasteiger partial charge in [0.15, 0.2) is 10.9 Å². The minimum atomic E-state index is -0.302.